The van der Waals surface area contributed by atoms with Crippen LogP contribution in [0.15, 0.2) is 34.9 Å². The molecule has 3 fully saturated rings. The Labute approximate surface area is 147 Å². The van der Waals surface area contributed by atoms with Crippen molar-refractivity contribution in [2.45, 2.75) is 38.0 Å². The number of benzene rings is 1. The van der Waals surface area contributed by atoms with Crippen LogP contribution in [0.3, 0.4) is 0 Å². The summed E-state index contributed by atoms with van der Waals surface area (Å²) in [5.41, 5.74) is 3.18. The molecule has 1 aromatic carbocycles. The van der Waals surface area contributed by atoms with Gasteiger partial charge in [0.25, 0.3) is 0 Å². The predicted octanol–water partition coefficient (Wildman–Crippen LogP) is 2.62. The summed E-state index contributed by atoms with van der Waals surface area (Å²) in [5, 5.41) is 14.0. The molecule has 0 radical (unpaired) electrons. The van der Waals surface area contributed by atoms with Gasteiger partial charge in [-0.3, -0.25) is 4.90 Å². The summed E-state index contributed by atoms with van der Waals surface area (Å²) in [6.45, 7) is 4.98. The SMILES string of the molecule is Cc1ccc(-c2cc(CN3C[C@H]4[C@@H](CO)[C@@H]5CC[C@@]4(C3)O5)on2)cc1. The standard InChI is InChI=1S/C20H24N2O3/c1-13-2-4-14(5-3-13)18-8-15(25-21-18)9-22-10-17-16(11-23)19-6-7-20(17,12-22)24-19/h2-5,8,16-17,19,23H,6-7,9-12H2,1H3/t16-,17+,19+,20+/m1/s1. The van der Waals surface area contributed by atoms with Crippen molar-refractivity contribution in [1.82, 2.24) is 10.1 Å². The molecule has 1 aromatic heterocycles. The Balaban J connectivity index is 1.30. The minimum atomic E-state index is -0.0299. The molecule has 0 unspecified atom stereocenters. The van der Waals surface area contributed by atoms with Crippen LogP contribution in [0.5, 0.6) is 0 Å². The third-order valence-corrected chi connectivity index (χ3v) is 6.35. The van der Waals surface area contributed by atoms with Crippen LogP contribution >= 0.6 is 0 Å². The Morgan fingerprint density at radius 1 is 1.32 bits per heavy atom. The number of hydrogen-bond donors (Lipinski definition) is 1. The predicted molar refractivity (Wildman–Crippen MR) is 92.9 cm³/mol. The molecule has 0 amide bonds. The summed E-state index contributed by atoms with van der Waals surface area (Å²) >= 11 is 0. The summed E-state index contributed by atoms with van der Waals surface area (Å²) < 4.78 is 11.9. The van der Waals surface area contributed by atoms with E-state index in [2.05, 4.69) is 41.2 Å². The molecule has 132 valence electrons. The van der Waals surface area contributed by atoms with Crippen molar-refractivity contribution in [3.8, 4) is 11.3 Å². The zero-order valence-electron chi connectivity index (χ0n) is 14.5. The molecule has 2 aromatic rings. The van der Waals surface area contributed by atoms with E-state index in [1.165, 1.54) is 5.56 Å². The van der Waals surface area contributed by atoms with E-state index in [0.29, 0.717) is 11.8 Å². The Kier molecular flexibility index (Phi) is 3.52. The number of aromatic nitrogens is 1. The van der Waals surface area contributed by atoms with Gasteiger partial charge in [0.1, 0.15) is 5.69 Å². The van der Waals surface area contributed by atoms with Crippen molar-refractivity contribution in [3.63, 3.8) is 0 Å². The first kappa shape index (κ1) is 15.6. The van der Waals surface area contributed by atoms with E-state index in [4.69, 9.17) is 9.26 Å². The molecule has 5 rings (SSSR count). The number of fused-ring (bicyclic) bond motifs is 1. The van der Waals surface area contributed by atoms with Gasteiger partial charge in [-0.15, -0.1) is 0 Å². The summed E-state index contributed by atoms with van der Waals surface area (Å²) in [4.78, 5) is 2.40. The quantitative estimate of drug-likeness (QED) is 0.927. The van der Waals surface area contributed by atoms with Gasteiger partial charge in [0.05, 0.1) is 18.2 Å². The second-order valence-electron chi connectivity index (χ2n) is 7.93. The molecular formula is C20H24N2O3. The molecule has 3 aliphatic rings. The van der Waals surface area contributed by atoms with Crippen LogP contribution in [0.1, 0.15) is 24.2 Å². The highest BCUT2D eigenvalue weighted by Gasteiger charge is 2.62. The molecule has 0 aliphatic carbocycles. The third-order valence-electron chi connectivity index (χ3n) is 6.35. The van der Waals surface area contributed by atoms with Crippen LogP contribution in [0.4, 0.5) is 0 Å². The molecule has 3 aliphatic heterocycles. The van der Waals surface area contributed by atoms with Gasteiger partial charge in [-0.2, -0.15) is 0 Å². The maximum atomic E-state index is 9.73. The lowest BCUT2D eigenvalue weighted by atomic mass is 9.74. The molecule has 1 N–H and O–H groups in total. The Bertz CT molecular complexity index is 772. The monoisotopic (exact) mass is 340 g/mol. The fraction of sp³-hybridized carbons (Fsp3) is 0.550. The molecule has 5 heteroatoms. The maximum Gasteiger partial charge on any atom is 0.151 e. The number of nitrogens with zero attached hydrogens (tertiary/aromatic N) is 2. The lowest BCUT2D eigenvalue weighted by Crippen LogP contribution is -2.37. The second kappa shape index (κ2) is 5.66. The van der Waals surface area contributed by atoms with Gasteiger partial charge >= 0.3 is 0 Å². The number of rotatable bonds is 4. The summed E-state index contributed by atoms with van der Waals surface area (Å²) in [6.07, 6.45) is 2.49. The fourth-order valence-corrected chi connectivity index (χ4v) is 5.12. The van der Waals surface area contributed by atoms with E-state index in [1.54, 1.807) is 0 Å². The van der Waals surface area contributed by atoms with Crippen LogP contribution < -0.4 is 0 Å². The zero-order valence-corrected chi connectivity index (χ0v) is 14.5. The molecule has 4 atom stereocenters. The molecule has 0 saturated carbocycles. The lowest BCUT2D eigenvalue weighted by molar-refractivity contribution is -0.000203. The van der Waals surface area contributed by atoms with Gasteiger partial charge in [-0.1, -0.05) is 35.0 Å². The van der Waals surface area contributed by atoms with Crippen molar-refractivity contribution in [2.24, 2.45) is 11.8 Å². The molecule has 4 heterocycles. The first-order valence-corrected chi connectivity index (χ1v) is 9.20. The Morgan fingerprint density at radius 3 is 2.96 bits per heavy atom. The largest absolute Gasteiger partial charge is 0.396 e. The average Bonchev–Trinajstić information content (AvgIpc) is 3.35. The molecule has 2 bridgehead atoms. The first-order valence-electron chi connectivity index (χ1n) is 9.20. The van der Waals surface area contributed by atoms with E-state index >= 15 is 0 Å². The third kappa shape index (κ3) is 2.45. The smallest absolute Gasteiger partial charge is 0.151 e. The van der Waals surface area contributed by atoms with Crippen LogP contribution in [0, 0.1) is 18.8 Å². The number of likely N-dealkylation sites (tertiary alicyclic amines) is 1. The van der Waals surface area contributed by atoms with Crippen LogP contribution in [0.2, 0.25) is 0 Å². The van der Waals surface area contributed by atoms with Gasteiger partial charge in [-0.25, -0.2) is 0 Å². The summed E-state index contributed by atoms with van der Waals surface area (Å²) in [5.74, 6) is 1.65. The van der Waals surface area contributed by atoms with Gasteiger partial charge in [0.15, 0.2) is 5.76 Å². The van der Waals surface area contributed by atoms with Crippen molar-refractivity contribution in [3.05, 3.63) is 41.7 Å². The Hall–Kier alpha value is -1.69. The van der Waals surface area contributed by atoms with Crippen LogP contribution in [-0.2, 0) is 11.3 Å². The number of hydrogen-bond acceptors (Lipinski definition) is 5. The van der Waals surface area contributed by atoms with E-state index < -0.39 is 0 Å². The van der Waals surface area contributed by atoms with Crippen molar-refractivity contribution in [2.75, 3.05) is 19.7 Å². The molecular weight excluding hydrogens is 316 g/mol. The normalized spacial score (nSPS) is 33.9. The van der Waals surface area contributed by atoms with E-state index in [-0.39, 0.29) is 18.3 Å². The Morgan fingerprint density at radius 2 is 2.16 bits per heavy atom. The highest BCUT2D eigenvalue weighted by molar-refractivity contribution is 5.59. The van der Waals surface area contributed by atoms with Crippen LogP contribution in [-0.4, -0.2) is 46.6 Å². The van der Waals surface area contributed by atoms with Crippen LogP contribution in [0.25, 0.3) is 11.3 Å². The number of aliphatic hydroxyl groups excluding tert-OH is 1. The van der Waals surface area contributed by atoms with Gasteiger partial charge in [-0.05, 0) is 19.8 Å². The topological polar surface area (TPSA) is 58.7 Å². The van der Waals surface area contributed by atoms with Crippen molar-refractivity contribution < 1.29 is 14.4 Å². The van der Waals surface area contributed by atoms with Gasteiger partial charge in [0, 0.05) is 43.2 Å². The number of aryl methyl sites for hydroxylation is 1. The molecule has 3 saturated heterocycles. The molecule has 1 spiro atoms. The highest BCUT2D eigenvalue weighted by Crippen LogP contribution is 2.54. The maximum absolute atomic E-state index is 9.73. The first-order chi connectivity index (χ1) is 12.2. The molecule has 5 nitrogen and oxygen atoms in total. The second-order valence-corrected chi connectivity index (χ2v) is 7.93. The zero-order chi connectivity index (χ0) is 17.0. The number of aliphatic hydroxyl groups is 1. The molecule has 25 heavy (non-hydrogen) atoms. The van der Waals surface area contributed by atoms with Crippen molar-refractivity contribution in [1.29, 1.82) is 0 Å². The average molecular weight is 340 g/mol. The van der Waals surface area contributed by atoms with Gasteiger partial charge < -0.3 is 14.4 Å². The van der Waals surface area contributed by atoms with E-state index in [1.807, 2.05) is 6.07 Å². The van der Waals surface area contributed by atoms with Gasteiger partial charge in [0.2, 0.25) is 0 Å². The van der Waals surface area contributed by atoms with E-state index in [0.717, 1.165) is 49.5 Å². The minimum absolute atomic E-state index is 0.0299. The number of ether oxygens (including phenoxy) is 1. The van der Waals surface area contributed by atoms with Crippen molar-refractivity contribution >= 4 is 0 Å². The lowest BCUT2D eigenvalue weighted by Gasteiger charge is -2.28. The fourth-order valence-electron chi connectivity index (χ4n) is 5.12. The summed E-state index contributed by atoms with van der Waals surface area (Å²) in [6, 6.07) is 10.4. The van der Waals surface area contributed by atoms with E-state index in [9.17, 15) is 5.11 Å². The summed E-state index contributed by atoms with van der Waals surface area (Å²) in [7, 11) is 0. The highest BCUT2D eigenvalue weighted by atomic mass is 16.5. The minimum Gasteiger partial charge on any atom is -0.396 e.